The molecule has 0 atom stereocenters. The minimum Gasteiger partial charge on any atom is -0.347 e. The Labute approximate surface area is 111 Å². The third-order valence-electron chi connectivity index (χ3n) is 3.80. The summed E-state index contributed by atoms with van der Waals surface area (Å²) in [5, 5.41) is 6.46. The van der Waals surface area contributed by atoms with Gasteiger partial charge in [-0.25, -0.2) is 4.98 Å². The SMILES string of the molecule is CC1(NC(=O)c2ccc3nc[nH]c3c2)CCNCC1. The number of benzene rings is 1. The number of imidazole rings is 1. The molecule has 1 aliphatic heterocycles. The molecule has 1 aliphatic rings. The molecule has 2 aromatic rings. The molecule has 0 bridgehead atoms. The van der Waals surface area contributed by atoms with Gasteiger partial charge in [0.2, 0.25) is 0 Å². The van der Waals surface area contributed by atoms with Gasteiger partial charge in [0.05, 0.1) is 17.4 Å². The van der Waals surface area contributed by atoms with E-state index in [4.69, 9.17) is 0 Å². The van der Waals surface area contributed by atoms with Crippen LogP contribution in [0.1, 0.15) is 30.1 Å². The third kappa shape index (κ3) is 2.46. The number of amides is 1. The highest BCUT2D eigenvalue weighted by atomic mass is 16.1. The molecule has 1 aromatic heterocycles. The summed E-state index contributed by atoms with van der Waals surface area (Å²) in [7, 11) is 0. The van der Waals surface area contributed by atoms with Crippen LogP contribution in [0.4, 0.5) is 0 Å². The quantitative estimate of drug-likeness (QED) is 0.763. The topological polar surface area (TPSA) is 69.8 Å². The first-order valence-electron chi connectivity index (χ1n) is 6.63. The summed E-state index contributed by atoms with van der Waals surface area (Å²) in [6.07, 6.45) is 3.57. The Kier molecular flexibility index (Phi) is 2.98. The summed E-state index contributed by atoms with van der Waals surface area (Å²) in [5.74, 6) is -0.0131. The Morgan fingerprint density at radius 1 is 1.37 bits per heavy atom. The van der Waals surface area contributed by atoms with Crippen molar-refractivity contribution in [3.63, 3.8) is 0 Å². The zero-order valence-corrected chi connectivity index (χ0v) is 11.0. The summed E-state index contributed by atoms with van der Waals surface area (Å²) >= 11 is 0. The molecule has 0 unspecified atom stereocenters. The molecule has 0 saturated carbocycles. The molecule has 1 aromatic carbocycles. The normalized spacial score (nSPS) is 18.4. The van der Waals surface area contributed by atoms with E-state index >= 15 is 0 Å². The largest absolute Gasteiger partial charge is 0.347 e. The minimum absolute atomic E-state index is 0.0131. The van der Waals surface area contributed by atoms with Crippen molar-refractivity contribution < 1.29 is 4.79 Å². The molecular weight excluding hydrogens is 240 g/mol. The Morgan fingerprint density at radius 3 is 2.95 bits per heavy atom. The van der Waals surface area contributed by atoms with Gasteiger partial charge in [-0.2, -0.15) is 0 Å². The Hall–Kier alpha value is -1.88. The van der Waals surface area contributed by atoms with Gasteiger partial charge in [-0.3, -0.25) is 4.79 Å². The summed E-state index contributed by atoms with van der Waals surface area (Å²) in [4.78, 5) is 19.5. The van der Waals surface area contributed by atoms with Crippen LogP contribution in [0.3, 0.4) is 0 Å². The van der Waals surface area contributed by atoms with Crippen molar-refractivity contribution in [1.29, 1.82) is 0 Å². The van der Waals surface area contributed by atoms with Gasteiger partial charge in [0, 0.05) is 11.1 Å². The fourth-order valence-corrected chi connectivity index (χ4v) is 2.53. The van der Waals surface area contributed by atoms with Gasteiger partial charge in [0.25, 0.3) is 5.91 Å². The average Bonchev–Trinajstić information content (AvgIpc) is 2.86. The molecule has 5 heteroatoms. The predicted octanol–water partition coefficient (Wildman–Crippen LogP) is 1.43. The molecule has 3 N–H and O–H groups in total. The fourth-order valence-electron chi connectivity index (χ4n) is 2.53. The lowest BCUT2D eigenvalue weighted by Gasteiger charge is -2.35. The maximum absolute atomic E-state index is 12.3. The van der Waals surface area contributed by atoms with Gasteiger partial charge in [-0.15, -0.1) is 0 Å². The summed E-state index contributed by atoms with van der Waals surface area (Å²) in [5.41, 5.74) is 2.34. The van der Waals surface area contributed by atoms with E-state index in [1.165, 1.54) is 0 Å². The number of nitrogens with one attached hydrogen (secondary N) is 3. The predicted molar refractivity (Wildman–Crippen MR) is 74.1 cm³/mol. The van der Waals surface area contributed by atoms with Crippen LogP contribution in [-0.4, -0.2) is 34.5 Å². The summed E-state index contributed by atoms with van der Waals surface area (Å²) in [6, 6.07) is 5.54. The second kappa shape index (κ2) is 4.66. The lowest BCUT2D eigenvalue weighted by atomic mass is 9.90. The molecule has 0 spiro atoms. The van der Waals surface area contributed by atoms with E-state index < -0.39 is 0 Å². The van der Waals surface area contributed by atoms with Gasteiger partial charge in [0.1, 0.15) is 0 Å². The number of nitrogens with zero attached hydrogens (tertiary/aromatic N) is 1. The first-order valence-corrected chi connectivity index (χ1v) is 6.63. The standard InChI is InChI=1S/C14H18N4O/c1-14(4-6-15-7-5-14)18-13(19)10-2-3-11-12(8-10)17-9-16-11/h2-3,8-9,15H,4-7H2,1H3,(H,16,17)(H,18,19). The van der Waals surface area contributed by atoms with E-state index in [2.05, 4.69) is 27.5 Å². The second-order valence-corrected chi connectivity index (χ2v) is 5.40. The monoisotopic (exact) mass is 258 g/mol. The van der Waals surface area contributed by atoms with Gasteiger partial charge >= 0.3 is 0 Å². The molecule has 1 amide bonds. The number of hydrogen-bond acceptors (Lipinski definition) is 3. The smallest absolute Gasteiger partial charge is 0.251 e. The number of carbonyl (C=O) groups is 1. The van der Waals surface area contributed by atoms with E-state index in [0.717, 1.165) is 37.0 Å². The summed E-state index contributed by atoms with van der Waals surface area (Å²) < 4.78 is 0. The van der Waals surface area contributed by atoms with Crippen LogP contribution in [-0.2, 0) is 0 Å². The van der Waals surface area contributed by atoms with Gasteiger partial charge in [-0.05, 0) is 51.1 Å². The van der Waals surface area contributed by atoms with Crippen molar-refractivity contribution in [2.75, 3.05) is 13.1 Å². The highest BCUT2D eigenvalue weighted by Crippen LogP contribution is 2.19. The number of aromatic amines is 1. The minimum atomic E-state index is -0.106. The Morgan fingerprint density at radius 2 is 2.16 bits per heavy atom. The molecule has 0 radical (unpaired) electrons. The van der Waals surface area contributed by atoms with Crippen LogP contribution in [0.5, 0.6) is 0 Å². The van der Waals surface area contributed by atoms with Crippen molar-refractivity contribution in [3.05, 3.63) is 30.1 Å². The second-order valence-electron chi connectivity index (χ2n) is 5.40. The molecule has 5 nitrogen and oxygen atoms in total. The van der Waals surface area contributed by atoms with E-state index in [-0.39, 0.29) is 11.4 Å². The van der Waals surface area contributed by atoms with Crippen LogP contribution in [0.2, 0.25) is 0 Å². The zero-order chi connectivity index (χ0) is 13.3. The van der Waals surface area contributed by atoms with E-state index in [1.54, 1.807) is 6.33 Å². The molecule has 0 aliphatic carbocycles. The first-order chi connectivity index (χ1) is 9.16. The van der Waals surface area contributed by atoms with Crippen LogP contribution in [0, 0.1) is 0 Å². The maximum Gasteiger partial charge on any atom is 0.251 e. The number of carbonyl (C=O) groups excluding carboxylic acids is 1. The highest BCUT2D eigenvalue weighted by molar-refractivity contribution is 5.97. The van der Waals surface area contributed by atoms with Crippen molar-refractivity contribution in [1.82, 2.24) is 20.6 Å². The zero-order valence-electron chi connectivity index (χ0n) is 11.0. The number of aromatic nitrogens is 2. The van der Waals surface area contributed by atoms with Gasteiger partial charge < -0.3 is 15.6 Å². The van der Waals surface area contributed by atoms with Crippen molar-refractivity contribution in [2.45, 2.75) is 25.3 Å². The van der Waals surface area contributed by atoms with Crippen LogP contribution in [0.25, 0.3) is 11.0 Å². The van der Waals surface area contributed by atoms with E-state index in [1.807, 2.05) is 18.2 Å². The third-order valence-corrected chi connectivity index (χ3v) is 3.80. The number of hydrogen-bond donors (Lipinski definition) is 3. The Bertz CT molecular complexity index is 598. The van der Waals surface area contributed by atoms with Crippen LogP contribution >= 0.6 is 0 Å². The molecule has 1 fully saturated rings. The number of piperidine rings is 1. The lowest BCUT2D eigenvalue weighted by Crippen LogP contribution is -2.52. The van der Waals surface area contributed by atoms with Gasteiger partial charge in [0.15, 0.2) is 0 Å². The first kappa shape index (κ1) is 12.2. The van der Waals surface area contributed by atoms with Gasteiger partial charge in [-0.1, -0.05) is 0 Å². The maximum atomic E-state index is 12.3. The summed E-state index contributed by atoms with van der Waals surface area (Å²) in [6.45, 7) is 4.02. The lowest BCUT2D eigenvalue weighted by molar-refractivity contribution is 0.0887. The number of fused-ring (bicyclic) bond motifs is 1. The van der Waals surface area contributed by atoms with Crippen molar-refractivity contribution in [3.8, 4) is 0 Å². The number of rotatable bonds is 2. The fraction of sp³-hybridized carbons (Fsp3) is 0.429. The molecule has 100 valence electrons. The average molecular weight is 258 g/mol. The number of H-pyrrole nitrogens is 1. The van der Waals surface area contributed by atoms with Crippen LogP contribution < -0.4 is 10.6 Å². The molecule has 2 heterocycles. The van der Waals surface area contributed by atoms with Crippen LogP contribution in [0.15, 0.2) is 24.5 Å². The molecule has 19 heavy (non-hydrogen) atoms. The molecule has 1 saturated heterocycles. The van der Waals surface area contributed by atoms with Crippen molar-refractivity contribution in [2.24, 2.45) is 0 Å². The highest BCUT2D eigenvalue weighted by Gasteiger charge is 2.28. The molecular formula is C14H18N4O. The Balaban J connectivity index is 1.79. The van der Waals surface area contributed by atoms with E-state index in [9.17, 15) is 4.79 Å². The van der Waals surface area contributed by atoms with E-state index in [0.29, 0.717) is 5.56 Å². The van der Waals surface area contributed by atoms with Crippen molar-refractivity contribution >= 4 is 16.9 Å². The molecule has 3 rings (SSSR count).